The maximum Gasteiger partial charge on any atom is 0.320 e. The molecular weight excluding hydrogens is 269 g/mol. The fourth-order valence-electron chi connectivity index (χ4n) is 1.86. The Morgan fingerprint density at radius 2 is 1.50 bits per heavy atom. The van der Waals surface area contributed by atoms with E-state index in [1.54, 1.807) is 6.92 Å². The molecule has 1 atom stereocenters. The Morgan fingerprint density at radius 3 is 1.90 bits per heavy atom. The van der Waals surface area contributed by atoms with Crippen LogP contribution in [-0.4, -0.2) is 23.4 Å². The summed E-state index contributed by atoms with van der Waals surface area (Å²) in [5, 5.41) is 14.6. The highest BCUT2D eigenvalue weighted by Crippen LogP contribution is 2.31. The minimum absolute atomic E-state index is 0.535. The Balaban J connectivity index is 2.19. The molecule has 2 aromatic rings. The zero-order valence-electron chi connectivity index (χ0n) is 11.4. The lowest BCUT2D eigenvalue weighted by molar-refractivity contribution is -0.138. The first-order chi connectivity index (χ1) is 9.68. The predicted octanol–water partition coefficient (Wildman–Crippen LogP) is 2.14. The van der Waals surface area contributed by atoms with Crippen LogP contribution in [0.25, 0.3) is 0 Å². The molecule has 0 spiro atoms. The van der Waals surface area contributed by atoms with Crippen molar-refractivity contribution in [3.05, 3.63) is 60.7 Å². The summed E-state index contributed by atoms with van der Waals surface area (Å²) in [7, 11) is -0.583. The molecule has 2 N–H and O–H groups in total. The molecule has 0 saturated heterocycles. The minimum Gasteiger partial charge on any atom is -0.480 e. The number of rotatable bonds is 6. The second-order valence-corrected chi connectivity index (χ2v) is 6.73. The molecule has 0 bridgehead atoms. The molecule has 2 rings (SSSR count). The Kier molecular flexibility index (Phi) is 5.28. The van der Waals surface area contributed by atoms with Gasteiger partial charge in [0, 0.05) is 6.29 Å². The van der Waals surface area contributed by atoms with Gasteiger partial charge < -0.3 is 10.4 Å². The Labute approximate surface area is 120 Å². The highest BCUT2D eigenvalue weighted by atomic mass is 31.1. The maximum absolute atomic E-state index is 10.9. The Hall–Kier alpha value is -1.70. The van der Waals surface area contributed by atoms with Gasteiger partial charge in [-0.15, -0.1) is 0 Å². The van der Waals surface area contributed by atoms with Crippen molar-refractivity contribution in [2.24, 2.45) is 0 Å². The average Bonchev–Trinajstić information content (AvgIpc) is 2.49. The number of carboxylic acid groups (broad SMARTS) is 1. The Morgan fingerprint density at radius 1 is 1.05 bits per heavy atom. The van der Waals surface area contributed by atoms with E-state index in [2.05, 4.69) is 29.6 Å². The van der Waals surface area contributed by atoms with Crippen molar-refractivity contribution < 1.29 is 9.90 Å². The fraction of sp³-hybridized carbons (Fsp3) is 0.188. The summed E-state index contributed by atoms with van der Waals surface area (Å²) in [5.74, 6) is -0.818. The van der Waals surface area contributed by atoms with Gasteiger partial charge in [0.15, 0.2) is 0 Å². The number of nitrogens with one attached hydrogen (secondary N) is 1. The van der Waals surface area contributed by atoms with Crippen molar-refractivity contribution in [1.82, 2.24) is 5.32 Å². The van der Waals surface area contributed by atoms with Gasteiger partial charge in [-0.2, -0.15) is 0 Å². The van der Waals surface area contributed by atoms with Crippen LogP contribution < -0.4 is 15.9 Å². The molecule has 0 aromatic heterocycles. The van der Waals surface area contributed by atoms with E-state index in [1.807, 2.05) is 36.4 Å². The SMILES string of the molecule is CC(NCP(c1ccccc1)c1ccccc1)C(=O)O. The first kappa shape index (κ1) is 14.7. The number of benzene rings is 2. The molecule has 0 fully saturated rings. The number of carboxylic acids is 1. The predicted molar refractivity (Wildman–Crippen MR) is 84.2 cm³/mol. The largest absolute Gasteiger partial charge is 0.480 e. The van der Waals surface area contributed by atoms with Crippen LogP contribution in [0.2, 0.25) is 0 Å². The van der Waals surface area contributed by atoms with E-state index in [0.717, 1.165) is 0 Å². The first-order valence-electron chi connectivity index (χ1n) is 6.52. The summed E-state index contributed by atoms with van der Waals surface area (Å²) in [6.45, 7) is 1.67. The molecule has 20 heavy (non-hydrogen) atoms. The van der Waals surface area contributed by atoms with Crippen LogP contribution in [0.5, 0.6) is 0 Å². The van der Waals surface area contributed by atoms with Gasteiger partial charge in [0.2, 0.25) is 0 Å². The lowest BCUT2D eigenvalue weighted by Gasteiger charge is -2.20. The molecule has 0 aliphatic heterocycles. The molecule has 2 aromatic carbocycles. The van der Waals surface area contributed by atoms with E-state index in [1.165, 1.54) is 10.6 Å². The summed E-state index contributed by atoms with van der Waals surface area (Å²) in [4.78, 5) is 10.9. The van der Waals surface area contributed by atoms with Gasteiger partial charge in [0.1, 0.15) is 6.04 Å². The molecule has 104 valence electrons. The third-order valence-corrected chi connectivity index (χ3v) is 5.40. The Bertz CT molecular complexity index is 505. The van der Waals surface area contributed by atoms with E-state index in [4.69, 9.17) is 5.11 Å². The maximum atomic E-state index is 10.9. The number of aliphatic carboxylic acids is 1. The zero-order chi connectivity index (χ0) is 14.4. The van der Waals surface area contributed by atoms with Crippen LogP contribution in [0.3, 0.4) is 0 Å². The van der Waals surface area contributed by atoms with Gasteiger partial charge >= 0.3 is 5.97 Å². The van der Waals surface area contributed by atoms with Gasteiger partial charge in [-0.05, 0) is 25.5 Å². The van der Waals surface area contributed by atoms with E-state index in [-0.39, 0.29) is 0 Å². The van der Waals surface area contributed by atoms with Crippen LogP contribution in [0.1, 0.15) is 6.92 Å². The fourth-order valence-corrected chi connectivity index (χ4v) is 4.05. The highest BCUT2D eigenvalue weighted by molar-refractivity contribution is 7.72. The van der Waals surface area contributed by atoms with Crippen LogP contribution in [0.4, 0.5) is 0 Å². The smallest absolute Gasteiger partial charge is 0.320 e. The van der Waals surface area contributed by atoms with Crippen molar-refractivity contribution in [3.63, 3.8) is 0 Å². The summed E-state index contributed by atoms with van der Waals surface area (Å²) in [6.07, 6.45) is 0.664. The number of hydrogen-bond acceptors (Lipinski definition) is 2. The van der Waals surface area contributed by atoms with E-state index < -0.39 is 19.9 Å². The first-order valence-corrected chi connectivity index (χ1v) is 8.05. The molecule has 1 unspecified atom stereocenters. The van der Waals surface area contributed by atoms with Gasteiger partial charge in [-0.25, -0.2) is 0 Å². The van der Waals surface area contributed by atoms with Gasteiger partial charge in [-0.3, -0.25) is 4.79 Å². The van der Waals surface area contributed by atoms with Crippen molar-refractivity contribution in [1.29, 1.82) is 0 Å². The third kappa shape index (κ3) is 3.89. The summed E-state index contributed by atoms with van der Waals surface area (Å²) < 4.78 is 0. The molecule has 0 aliphatic carbocycles. The lowest BCUT2D eigenvalue weighted by Crippen LogP contribution is -2.35. The van der Waals surface area contributed by atoms with Gasteiger partial charge in [-0.1, -0.05) is 60.7 Å². The molecule has 0 amide bonds. The van der Waals surface area contributed by atoms with E-state index >= 15 is 0 Å². The van der Waals surface area contributed by atoms with E-state index in [0.29, 0.717) is 6.29 Å². The van der Waals surface area contributed by atoms with Crippen molar-refractivity contribution in [2.75, 3.05) is 6.29 Å². The standard InChI is InChI=1S/C16H18NO2P/c1-13(16(18)19)17-12-20(14-8-4-2-5-9-14)15-10-6-3-7-11-15/h2-11,13,17H,12H2,1H3,(H,18,19). The molecular formula is C16H18NO2P. The van der Waals surface area contributed by atoms with Gasteiger partial charge in [0.05, 0.1) is 0 Å². The molecule has 0 aliphatic rings. The van der Waals surface area contributed by atoms with Crippen LogP contribution in [0.15, 0.2) is 60.7 Å². The summed E-state index contributed by atoms with van der Waals surface area (Å²) in [5.41, 5.74) is 0. The number of carbonyl (C=O) groups is 1. The van der Waals surface area contributed by atoms with Crippen molar-refractivity contribution >= 4 is 24.5 Å². The second kappa shape index (κ2) is 7.18. The van der Waals surface area contributed by atoms with E-state index in [9.17, 15) is 4.79 Å². The molecule has 0 radical (unpaired) electrons. The van der Waals surface area contributed by atoms with Crippen LogP contribution in [-0.2, 0) is 4.79 Å². The molecule has 3 nitrogen and oxygen atoms in total. The summed E-state index contributed by atoms with van der Waals surface area (Å²) in [6, 6.07) is 20.0. The minimum atomic E-state index is -0.818. The molecule has 0 heterocycles. The zero-order valence-corrected chi connectivity index (χ0v) is 12.3. The van der Waals surface area contributed by atoms with Crippen molar-refractivity contribution in [2.45, 2.75) is 13.0 Å². The van der Waals surface area contributed by atoms with Gasteiger partial charge in [0.25, 0.3) is 0 Å². The number of hydrogen-bond donors (Lipinski definition) is 2. The molecule has 4 heteroatoms. The van der Waals surface area contributed by atoms with Crippen LogP contribution in [0, 0.1) is 0 Å². The third-order valence-electron chi connectivity index (χ3n) is 3.06. The monoisotopic (exact) mass is 287 g/mol. The topological polar surface area (TPSA) is 49.3 Å². The highest BCUT2D eigenvalue weighted by Gasteiger charge is 2.16. The second-order valence-electron chi connectivity index (χ2n) is 4.52. The van der Waals surface area contributed by atoms with Crippen molar-refractivity contribution in [3.8, 4) is 0 Å². The average molecular weight is 287 g/mol. The normalized spacial score (nSPS) is 12.3. The quantitative estimate of drug-likeness (QED) is 0.800. The summed E-state index contributed by atoms with van der Waals surface area (Å²) >= 11 is 0. The lowest BCUT2D eigenvalue weighted by atomic mass is 10.4. The van der Waals surface area contributed by atoms with Crippen LogP contribution >= 0.6 is 7.92 Å². The molecule has 0 saturated carbocycles.